The van der Waals surface area contributed by atoms with Crippen molar-refractivity contribution in [1.82, 2.24) is 9.78 Å². The molecule has 6 heteroatoms. The van der Waals surface area contributed by atoms with Crippen molar-refractivity contribution in [2.24, 2.45) is 0 Å². The molecule has 0 saturated heterocycles. The van der Waals surface area contributed by atoms with E-state index in [1.165, 1.54) is 10.9 Å². The number of para-hydroxylation sites is 1. The maximum absolute atomic E-state index is 11.9. The van der Waals surface area contributed by atoms with Gasteiger partial charge >= 0.3 is 5.76 Å². The summed E-state index contributed by atoms with van der Waals surface area (Å²) in [5, 5.41) is 4.14. The Bertz CT molecular complexity index is 771. The van der Waals surface area contributed by atoms with Crippen molar-refractivity contribution >= 4 is 0 Å². The molecule has 0 saturated carbocycles. The number of hydrogen-bond acceptors (Lipinski definition) is 5. The van der Waals surface area contributed by atoms with Crippen LogP contribution in [0.2, 0.25) is 0 Å². The molecular formula is C15H14N2O4. The number of aromatic nitrogens is 2. The summed E-state index contributed by atoms with van der Waals surface area (Å²) in [5.74, 6) is 0.782. The Morgan fingerprint density at radius 1 is 1.24 bits per heavy atom. The van der Waals surface area contributed by atoms with E-state index in [2.05, 4.69) is 5.10 Å². The number of ether oxygens (including phenoxy) is 1. The van der Waals surface area contributed by atoms with Crippen LogP contribution in [0.15, 0.2) is 56.3 Å². The highest BCUT2D eigenvalue weighted by Crippen LogP contribution is 2.20. The summed E-state index contributed by atoms with van der Waals surface area (Å²) in [6.45, 7) is 2.75. The van der Waals surface area contributed by atoms with Crippen LogP contribution in [0, 0.1) is 0 Å². The Hall–Kier alpha value is -2.76. The van der Waals surface area contributed by atoms with E-state index in [9.17, 15) is 4.79 Å². The van der Waals surface area contributed by atoms with Gasteiger partial charge in [-0.25, -0.2) is 4.79 Å². The predicted octanol–water partition coefficient (Wildman–Crippen LogP) is 2.54. The fourth-order valence-electron chi connectivity index (χ4n) is 2.00. The summed E-state index contributed by atoms with van der Waals surface area (Å²) in [7, 11) is 0. The zero-order valence-electron chi connectivity index (χ0n) is 11.5. The van der Waals surface area contributed by atoms with Crippen LogP contribution in [-0.4, -0.2) is 16.4 Å². The lowest BCUT2D eigenvalue weighted by atomic mass is 10.2. The topological polar surface area (TPSA) is 70.4 Å². The summed E-state index contributed by atoms with van der Waals surface area (Å²) >= 11 is 0. The SMILES string of the molecule is CCOc1ccccc1Cn1nc(-c2ccco2)oc1=O. The second-order valence-corrected chi connectivity index (χ2v) is 4.35. The third kappa shape index (κ3) is 2.74. The van der Waals surface area contributed by atoms with Gasteiger partial charge in [-0.2, -0.15) is 4.68 Å². The Morgan fingerprint density at radius 3 is 2.86 bits per heavy atom. The molecule has 0 N–H and O–H groups in total. The molecule has 3 aromatic rings. The van der Waals surface area contributed by atoms with Crippen molar-refractivity contribution in [2.45, 2.75) is 13.5 Å². The molecule has 0 aliphatic carbocycles. The number of benzene rings is 1. The van der Waals surface area contributed by atoms with Gasteiger partial charge in [-0.05, 0) is 25.1 Å². The molecule has 0 unspecified atom stereocenters. The van der Waals surface area contributed by atoms with E-state index in [0.717, 1.165) is 11.3 Å². The highest BCUT2D eigenvalue weighted by molar-refractivity contribution is 5.42. The van der Waals surface area contributed by atoms with E-state index < -0.39 is 5.76 Å². The summed E-state index contributed by atoms with van der Waals surface area (Å²) in [5.41, 5.74) is 0.862. The summed E-state index contributed by atoms with van der Waals surface area (Å²) in [4.78, 5) is 11.9. The highest BCUT2D eigenvalue weighted by Gasteiger charge is 2.14. The Kier molecular flexibility index (Phi) is 3.59. The second kappa shape index (κ2) is 5.70. The van der Waals surface area contributed by atoms with Crippen molar-refractivity contribution in [3.8, 4) is 17.4 Å². The molecule has 108 valence electrons. The molecular weight excluding hydrogens is 272 g/mol. The van der Waals surface area contributed by atoms with Crippen LogP contribution in [-0.2, 0) is 6.54 Å². The number of hydrogen-bond donors (Lipinski definition) is 0. The average molecular weight is 286 g/mol. The molecule has 0 aliphatic rings. The third-order valence-electron chi connectivity index (χ3n) is 2.93. The molecule has 0 radical (unpaired) electrons. The molecule has 0 amide bonds. The fraction of sp³-hybridized carbons (Fsp3) is 0.200. The van der Waals surface area contributed by atoms with Crippen molar-refractivity contribution in [2.75, 3.05) is 6.61 Å². The summed E-state index contributed by atoms with van der Waals surface area (Å²) < 4.78 is 17.0. The van der Waals surface area contributed by atoms with Gasteiger partial charge in [0, 0.05) is 5.56 Å². The standard InChI is InChI=1S/C15H14N2O4/c1-2-19-12-7-4-3-6-11(12)10-17-15(18)21-14(16-17)13-8-5-9-20-13/h3-9H,2,10H2,1H3. The minimum Gasteiger partial charge on any atom is -0.494 e. The first kappa shape index (κ1) is 13.2. The van der Waals surface area contributed by atoms with Gasteiger partial charge < -0.3 is 13.6 Å². The van der Waals surface area contributed by atoms with Gasteiger partial charge in [0.1, 0.15) is 5.75 Å². The van der Waals surface area contributed by atoms with Gasteiger partial charge in [0.05, 0.1) is 19.4 Å². The Balaban J connectivity index is 1.91. The smallest absolute Gasteiger partial charge is 0.437 e. The zero-order valence-corrected chi connectivity index (χ0v) is 11.5. The summed E-state index contributed by atoms with van der Waals surface area (Å²) in [6.07, 6.45) is 1.50. The molecule has 2 heterocycles. The molecule has 1 aromatic carbocycles. The molecule has 0 fully saturated rings. The van der Waals surface area contributed by atoms with E-state index in [1.807, 2.05) is 31.2 Å². The summed E-state index contributed by atoms with van der Waals surface area (Å²) in [6, 6.07) is 10.9. The fourth-order valence-corrected chi connectivity index (χ4v) is 2.00. The number of rotatable bonds is 5. The van der Waals surface area contributed by atoms with Gasteiger partial charge in [-0.15, -0.1) is 5.10 Å². The molecule has 0 atom stereocenters. The number of nitrogens with zero attached hydrogens (tertiary/aromatic N) is 2. The lowest BCUT2D eigenvalue weighted by Crippen LogP contribution is -2.17. The minimum atomic E-state index is -0.535. The van der Waals surface area contributed by atoms with Crippen molar-refractivity contribution in [1.29, 1.82) is 0 Å². The lowest BCUT2D eigenvalue weighted by molar-refractivity contribution is 0.335. The van der Waals surface area contributed by atoms with Crippen LogP contribution >= 0.6 is 0 Å². The predicted molar refractivity (Wildman–Crippen MR) is 75.2 cm³/mol. The maximum atomic E-state index is 11.9. The Labute approximate surface area is 120 Å². The molecule has 2 aromatic heterocycles. The normalized spacial score (nSPS) is 10.7. The third-order valence-corrected chi connectivity index (χ3v) is 2.93. The van der Waals surface area contributed by atoms with Crippen LogP contribution in [0.4, 0.5) is 0 Å². The molecule has 3 rings (SSSR count). The zero-order chi connectivity index (χ0) is 14.7. The van der Waals surface area contributed by atoms with Crippen molar-refractivity contribution < 1.29 is 13.6 Å². The van der Waals surface area contributed by atoms with Crippen LogP contribution in [0.3, 0.4) is 0 Å². The van der Waals surface area contributed by atoms with Gasteiger partial charge in [0.25, 0.3) is 5.89 Å². The van der Waals surface area contributed by atoms with Gasteiger partial charge in [-0.3, -0.25) is 0 Å². The van der Waals surface area contributed by atoms with Gasteiger partial charge in [0.15, 0.2) is 5.76 Å². The van der Waals surface area contributed by atoms with E-state index in [0.29, 0.717) is 12.4 Å². The first-order valence-electron chi connectivity index (χ1n) is 6.60. The lowest BCUT2D eigenvalue weighted by Gasteiger charge is -2.08. The first-order valence-corrected chi connectivity index (χ1v) is 6.60. The minimum absolute atomic E-state index is 0.166. The highest BCUT2D eigenvalue weighted by atomic mass is 16.5. The molecule has 6 nitrogen and oxygen atoms in total. The van der Waals surface area contributed by atoms with Crippen LogP contribution in [0.1, 0.15) is 12.5 Å². The average Bonchev–Trinajstić information content (AvgIpc) is 3.12. The van der Waals surface area contributed by atoms with E-state index in [1.54, 1.807) is 12.1 Å². The maximum Gasteiger partial charge on any atom is 0.437 e. The molecule has 0 aliphatic heterocycles. The van der Waals surface area contributed by atoms with Gasteiger partial charge in [0.2, 0.25) is 0 Å². The van der Waals surface area contributed by atoms with Gasteiger partial charge in [-0.1, -0.05) is 18.2 Å². The molecule has 21 heavy (non-hydrogen) atoms. The second-order valence-electron chi connectivity index (χ2n) is 4.35. The van der Waals surface area contributed by atoms with Crippen LogP contribution in [0.25, 0.3) is 11.7 Å². The largest absolute Gasteiger partial charge is 0.494 e. The van der Waals surface area contributed by atoms with Crippen LogP contribution < -0.4 is 10.5 Å². The monoisotopic (exact) mass is 286 g/mol. The van der Waals surface area contributed by atoms with Crippen molar-refractivity contribution in [3.63, 3.8) is 0 Å². The quantitative estimate of drug-likeness (QED) is 0.720. The first-order chi connectivity index (χ1) is 10.3. The number of furan rings is 1. The van der Waals surface area contributed by atoms with Crippen LogP contribution in [0.5, 0.6) is 5.75 Å². The molecule has 0 bridgehead atoms. The Morgan fingerprint density at radius 2 is 2.10 bits per heavy atom. The van der Waals surface area contributed by atoms with E-state index in [4.69, 9.17) is 13.6 Å². The van der Waals surface area contributed by atoms with E-state index >= 15 is 0 Å². The van der Waals surface area contributed by atoms with E-state index in [-0.39, 0.29) is 12.4 Å². The molecule has 0 spiro atoms. The van der Waals surface area contributed by atoms with Crippen molar-refractivity contribution in [3.05, 3.63) is 58.8 Å².